The fourth-order valence-electron chi connectivity index (χ4n) is 3.55. The molecule has 1 unspecified atom stereocenters. The number of ether oxygens (including phenoxy) is 1. The van der Waals surface area contributed by atoms with Gasteiger partial charge in [0.05, 0.1) is 13.2 Å². The van der Waals surface area contributed by atoms with Crippen LogP contribution in [0, 0.1) is 5.92 Å². The monoisotopic (exact) mass is 567 g/mol. The van der Waals surface area contributed by atoms with Crippen LogP contribution in [0.4, 0.5) is 5.95 Å². The third-order valence-corrected chi connectivity index (χ3v) is 5.35. The molecule has 9 heteroatoms. The zero-order valence-corrected chi connectivity index (χ0v) is 22.2. The zero-order chi connectivity index (χ0) is 22.4. The molecular weight excluding hydrogens is 529 g/mol. The third kappa shape index (κ3) is 10.2. The normalized spacial score (nSPS) is 15.6. The summed E-state index contributed by atoms with van der Waals surface area (Å²) in [6.45, 7) is 13.0. The maximum Gasteiger partial charge on any atom is 0.225 e. The summed E-state index contributed by atoms with van der Waals surface area (Å²) in [5.41, 5.74) is 1.20. The van der Waals surface area contributed by atoms with Crippen LogP contribution in [0.25, 0.3) is 0 Å². The van der Waals surface area contributed by atoms with Gasteiger partial charge in [0, 0.05) is 64.8 Å². The van der Waals surface area contributed by atoms with E-state index < -0.39 is 0 Å². The molecule has 0 aliphatic carbocycles. The molecule has 0 saturated carbocycles. The molecule has 8 nitrogen and oxygen atoms in total. The molecule has 3 rings (SSSR count). The summed E-state index contributed by atoms with van der Waals surface area (Å²) in [6, 6.07) is 12.1. The standard InChI is InChI=1S/C24H37N7O.HI/c1-3-25-23(29-18-21(2)19-32-20-22-8-5-4-6-9-22)26-12-13-30-14-16-31(17-15-30)24-27-10-7-11-28-24;/h4-11,21H,3,12-20H2,1-2H3,(H2,25,26,29);1H. The van der Waals surface area contributed by atoms with Gasteiger partial charge in [-0.15, -0.1) is 24.0 Å². The van der Waals surface area contributed by atoms with Gasteiger partial charge < -0.3 is 20.3 Å². The van der Waals surface area contributed by atoms with E-state index in [9.17, 15) is 0 Å². The summed E-state index contributed by atoms with van der Waals surface area (Å²) >= 11 is 0. The highest BCUT2D eigenvalue weighted by atomic mass is 127. The minimum atomic E-state index is 0. The Balaban J connectivity index is 0.00000385. The highest BCUT2D eigenvalue weighted by Crippen LogP contribution is 2.09. The molecular formula is C24H38IN7O. The molecule has 2 aromatic rings. The fourth-order valence-corrected chi connectivity index (χ4v) is 3.55. The van der Waals surface area contributed by atoms with E-state index in [2.05, 4.69) is 56.4 Å². The Bertz CT molecular complexity index is 786. The van der Waals surface area contributed by atoms with E-state index in [4.69, 9.17) is 9.73 Å². The Hall–Kier alpha value is -1.98. The predicted molar refractivity (Wildman–Crippen MR) is 145 cm³/mol. The number of piperazine rings is 1. The molecule has 1 aromatic carbocycles. The van der Waals surface area contributed by atoms with Crippen LogP contribution < -0.4 is 15.5 Å². The molecule has 182 valence electrons. The van der Waals surface area contributed by atoms with Gasteiger partial charge in [-0.2, -0.15) is 0 Å². The fraction of sp³-hybridized carbons (Fsp3) is 0.542. The number of hydrogen-bond acceptors (Lipinski definition) is 6. The van der Waals surface area contributed by atoms with Crippen LogP contribution in [0.1, 0.15) is 19.4 Å². The zero-order valence-electron chi connectivity index (χ0n) is 19.8. The number of nitrogens with zero attached hydrogens (tertiary/aromatic N) is 5. The molecule has 2 heterocycles. The Labute approximate surface area is 215 Å². The summed E-state index contributed by atoms with van der Waals surface area (Å²) in [5.74, 6) is 2.06. The number of guanidine groups is 1. The molecule has 1 saturated heterocycles. The summed E-state index contributed by atoms with van der Waals surface area (Å²) in [7, 11) is 0. The Morgan fingerprint density at radius 1 is 1.06 bits per heavy atom. The summed E-state index contributed by atoms with van der Waals surface area (Å²) in [6.07, 6.45) is 3.60. The summed E-state index contributed by atoms with van der Waals surface area (Å²) < 4.78 is 5.85. The van der Waals surface area contributed by atoms with Crippen LogP contribution >= 0.6 is 24.0 Å². The number of aliphatic imine (C=N–C) groups is 1. The second-order valence-corrected chi connectivity index (χ2v) is 8.13. The summed E-state index contributed by atoms with van der Waals surface area (Å²) in [5, 5.41) is 6.81. The Morgan fingerprint density at radius 2 is 1.79 bits per heavy atom. The van der Waals surface area contributed by atoms with Crippen LogP contribution in [0.15, 0.2) is 53.8 Å². The maximum absolute atomic E-state index is 5.85. The van der Waals surface area contributed by atoms with Gasteiger partial charge in [-0.05, 0) is 24.5 Å². The minimum Gasteiger partial charge on any atom is -0.376 e. The second-order valence-electron chi connectivity index (χ2n) is 8.13. The molecule has 1 atom stereocenters. The van der Waals surface area contributed by atoms with E-state index in [1.165, 1.54) is 5.56 Å². The van der Waals surface area contributed by atoms with Crippen molar-refractivity contribution in [1.82, 2.24) is 25.5 Å². The van der Waals surface area contributed by atoms with Crippen molar-refractivity contribution in [3.63, 3.8) is 0 Å². The minimum absolute atomic E-state index is 0. The first kappa shape index (κ1) is 27.3. The molecule has 2 N–H and O–H groups in total. The highest BCUT2D eigenvalue weighted by molar-refractivity contribution is 14.0. The van der Waals surface area contributed by atoms with E-state index in [0.29, 0.717) is 19.1 Å². The molecule has 1 fully saturated rings. The van der Waals surface area contributed by atoms with Crippen LogP contribution in [0.2, 0.25) is 0 Å². The molecule has 1 aromatic heterocycles. The van der Waals surface area contributed by atoms with E-state index >= 15 is 0 Å². The van der Waals surface area contributed by atoms with Gasteiger partial charge in [0.25, 0.3) is 0 Å². The first-order valence-electron chi connectivity index (χ1n) is 11.6. The molecule has 1 aliphatic rings. The average molecular weight is 568 g/mol. The third-order valence-electron chi connectivity index (χ3n) is 5.35. The first-order chi connectivity index (χ1) is 15.7. The van der Waals surface area contributed by atoms with Gasteiger partial charge in [-0.1, -0.05) is 37.3 Å². The number of hydrogen-bond donors (Lipinski definition) is 2. The van der Waals surface area contributed by atoms with E-state index in [1.807, 2.05) is 24.3 Å². The summed E-state index contributed by atoms with van der Waals surface area (Å²) in [4.78, 5) is 18.2. The number of benzene rings is 1. The number of halogens is 1. The predicted octanol–water partition coefficient (Wildman–Crippen LogP) is 2.62. The number of aromatic nitrogens is 2. The quantitative estimate of drug-likeness (QED) is 0.246. The van der Waals surface area contributed by atoms with Crippen LogP contribution in [0.5, 0.6) is 0 Å². The van der Waals surface area contributed by atoms with E-state index in [-0.39, 0.29) is 24.0 Å². The van der Waals surface area contributed by atoms with Crippen molar-refractivity contribution in [2.45, 2.75) is 20.5 Å². The van der Waals surface area contributed by atoms with Gasteiger partial charge in [-0.25, -0.2) is 9.97 Å². The first-order valence-corrected chi connectivity index (χ1v) is 11.6. The van der Waals surface area contributed by atoms with Gasteiger partial charge in [-0.3, -0.25) is 9.89 Å². The van der Waals surface area contributed by atoms with Gasteiger partial charge >= 0.3 is 0 Å². The van der Waals surface area contributed by atoms with E-state index in [1.54, 1.807) is 12.4 Å². The van der Waals surface area contributed by atoms with Crippen molar-refractivity contribution in [1.29, 1.82) is 0 Å². The SMILES string of the molecule is CCNC(=NCC(C)COCc1ccccc1)NCCN1CCN(c2ncccn2)CC1.I. The largest absolute Gasteiger partial charge is 0.376 e. The van der Waals surface area contributed by atoms with Crippen molar-refractivity contribution >= 4 is 35.9 Å². The Kier molecular flexibility index (Phi) is 13.0. The van der Waals surface area contributed by atoms with Gasteiger partial charge in [0.1, 0.15) is 0 Å². The maximum atomic E-state index is 5.85. The topological polar surface area (TPSA) is 77.9 Å². The molecule has 1 aliphatic heterocycles. The highest BCUT2D eigenvalue weighted by Gasteiger charge is 2.18. The van der Waals surface area contributed by atoms with E-state index in [0.717, 1.165) is 64.3 Å². The van der Waals surface area contributed by atoms with Crippen LogP contribution in [-0.2, 0) is 11.3 Å². The molecule has 0 spiro atoms. The molecule has 33 heavy (non-hydrogen) atoms. The smallest absolute Gasteiger partial charge is 0.225 e. The van der Waals surface area contributed by atoms with Crippen molar-refractivity contribution in [2.24, 2.45) is 10.9 Å². The lowest BCUT2D eigenvalue weighted by atomic mass is 10.2. The average Bonchev–Trinajstić information content (AvgIpc) is 2.84. The van der Waals surface area contributed by atoms with Crippen molar-refractivity contribution < 1.29 is 4.74 Å². The van der Waals surface area contributed by atoms with Gasteiger partial charge in [0.15, 0.2) is 5.96 Å². The molecule has 0 bridgehead atoms. The second kappa shape index (κ2) is 15.8. The molecule has 0 radical (unpaired) electrons. The Morgan fingerprint density at radius 3 is 2.48 bits per heavy atom. The number of anilines is 1. The van der Waals surface area contributed by atoms with Crippen LogP contribution in [0.3, 0.4) is 0 Å². The van der Waals surface area contributed by atoms with Crippen molar-refractivity contribution in [3.05, 3.63) is 54.4 Å². The van der Waals surface area contributed by atoms with Crippen molar-refractivity contribution in [3.8, 4) is 0 Å². The van der Waals surface area contributed by atoms with Gasteiger partial charge in [0.2, 0.25) is 5.95 Å². The number of nitrogens with one attached hydrogen (secondary N) is 2. The lowest BCUT2D eigenvalue weighted by molar-refractivity contribution is 0.0945. The van der Waals surface area contributed by atoms with Crippen LogP contribution in [-0.4, -0.2) is 79.8 Å². The molecule has 0 amide bonds. The van der Waals surface area contributed by atoms with Crippen molar-refractivity contribution in [2.75, 3.05) is 63.9 Å². The lowest BCUT2D eigenvalue weighted by Gasteiger charge is -2.34. The number of rotatable bonds is 11. The lowest BCUT2D eigenvalue weighted by Crippen LogP contribution is -2.49.